The Bertz CT molecular complexity index is 738. The highest BCUT2D eigenvalue weighted by atomic mass is 19.1. The van der Waals surface area contributed by atoms with E-state index in [1.165, 1.54) is 31.2 Å². The highest BCUT2D eigenvalue weighted by Crippen LogP contribution is 2.20. The smallest absolute Gasteiger partial charge is 0.325 e. The molecule has 0 unspecified atom stereocenters. The van der Waals surface area contributed by atoms with Gasteiger partial charge in [-0.25, -0.2) is 9.18 Å². The van der Waals surface area contributed by atoms with Crippen molar-refractivity contribution in [2.75, 3.05) is 31.5 Å². The molecule has 9 heteroatoms. The third-order valence-corrected chi connectivity index (χ3v) is 3.74. The Morgan fingerprint density at radius 2 is 1.71 bits per heavy atom. The lowest BCUT2D eigenvalue weighted by atomic mass is 10.2. The van der Waals surface area contributed by atoms with E-state index in [0.29, 0.717) is 31.7 Å². The second kappa shape index (κ2) is 6.65. The van der Waals surface area contributed by atoms with Crippen LogP contribution < -0.4 is 5.32 Å². The number of carbonyl (C=O) groups excluding carboxylic acids is 2. The molecular formula is C15H16FN5O3. The summed E-state index contributed by atoms with van der Waals surface area (Å²) in [5.41, 5.74) is 0.555. The predicted molar refractivity (Wildman–Crippen MR) is 82.5 cm³/mol. The summed E-state index contributed by atoms with van der Waals surface area (Å²) in [6, 6.07) is 5.18. The number of piperazine rings is 1. The van der Waals surface area contributed by atoms with E-state index in [1.54, 1.807) is 9.80 Å². The van der Waals surface area contributed by atoms with Crippen LogP contribution in [0.5, 0.6) is 0 Å². The Labute approximate surface area is 137 Å². The predicted octanol–water partition coefficient (Wildman–Crippen LogP) is 1.57. The second-order valence-electron chi connectivity index (χ2n) is 5.34. The van der Waals surface area contributed by atoms with Crippen LogP contribution in [0.4, 0.5) is 15.2 Å². The van der Waals surface area contributed by atoms with Crippen molar-refractivity contribution < 1.29 is 18.4 Å². The van der Waals surface area contributed by atoms with Gasteiger partial charge in [0.1, 0.15) is 5.82 Å². The molecule has 1 aliphatic rings. The van der Waals surface area contributed by atoms with Gasteiger partial charge < -0.3 is 14.2 Å². The molecule has 126 valence electrons. The fourth-order valence-corrected chi connectivity index (χ4v) is 2.38. The van der Waals surface area contributed by atoms with Crippen molar-refractivity contribution in [2.45, 2.75) is 6.92 Å². The number of carbonyl (C=O) groups is 2. The summed E-state index contributed by atoms with van der Waals surface area (Å²) in [6.07, 6.45) is 0. The lowest BCUT2D eigenvalue weighted by molar-refractivity contribution is -0.130. The van der Waals surface area contributed by atoms with Crippen molar-refractivity contribution in [1.29, 1.82) is 0 Å². The minimum absolute atomic E-state index is 0.00380. The van der Waals surface area contributed by atoms with Crippen LogP contribution in [-0.4, -0.2) is 58.1 Å². The van der Waals surface area contributed by atoms with E-state index in [4.69, 9.17) is 4.42 Å². The maximum Gasteiger partial charge on any atom is 0.325 e. The van der Waals surface area contributed by atoms with Gasteiger partial charge in [0, 0.05) is 38.7 Å². The molecule has 1 saturated heterocycles. The number of amides is 3. The third-order valence-electron chi connectivity index (χ3n) is 3.74. The number of benzene rings is 1. The van der Waals surface area contributed by atoms with Gasteiger partial charge >= 0.3 is 12.0 Å². The van der Waals surface area contributed by atoms with E-state index in [9.17, 15) is 14.0 Å². The highest BCUT2D eigenvalue weighted by molar-refractivity contribution is 5.87. The summed E-state index contributed by atoms with van der Waals surface area (Å²) < 4.78 is 18.3. The van der Waals surface area contributed by atoms with Crippen LogP contribution in [0, 0.1) is 5.82 Å². The molecule has 0 radical (unpaired) electrons. The summed E-state index contributed by atoms with van der Waals surface area (Å²) in [4.78, 5) is 26.7. The topological polar surface area (TPSA) is 91.6 Å². The van der Waals surface area contributed by atoms with Crippen LogP contribution in [0.25, 0.3) is 11.5 Å². The average Bonchev–Trinajstić information content (AvgIpc) is 3.04. The summed E-state index contributed by atoms with van der Waals surface area (Å²) in [5, 5.41) is 10.1. The first-order valence-electron chi connectivity index (χ1n) is 7.44. The van der Waals surface area contributed by atoms with Crippen LogP contribution in [0.2, 0.25) is 0 Å². The van der Waals surface area contributed by atoms with Crippen LogP contribution in [0.15, 0.2) is 28.7 Å². The quantitative estimate of drug-likeness (QED) is 0.901. The number of urea groups is 1. The molecule has 1 fully saturated rings. The molecule has 3 amide bonds. The van der Waals surface area contributed by atoms with Crippen LogP contribution in [0.3, 0.4) is 0 Å². The van der Waals surface area contributed by atoms with Gasteiger partial charge in [0.05, 0.1) is 0 Å². The minimum atomic E-state index is -0.368. The Morgan fingerprint density at radius 1 is 1.08 bits per heavy atom. The zero-order chi connectivity index (χ0) is 17.1. The lowest BCUT2D eigenvalue weighted by Crippen LogP contribution is -2.51. The van der Waals surface area contributed by atoms with Crippen molar-refractivity contribution in [2.24, 2.45) is 0 Å². The Kier molecular flexibility index (Phi) is 4.41. The number of nitrogens with zero attached hydrogens (tertiary/aromatic N) is 4. The van der Waals surface area contributed by atoms with Gasteiger partial charge in [-0.3, -0.25) is 10.1 Å². The van der Waals surface area contributed by atoms with Crippen molar-refractivity contribution in [3.05, 3.63) is 30.1 Å². The zero-order valence-corrected chi connectivity index (χ0v) is 13.0. The molecular weight excluding hydrogens is 317 g/mol. The fourth-order valence-electron chi connectivity index (χ4n) is 2.38. The molecule has 0 bridgehead atoms. The number of hydrogen-bond acceptors (Lipinski definition) is 5. The standard InChI is InChI=1S/C15H16FN5O3/c1-10(22)20-6-8-21(9-7-20)15(23)17-14-19-18-13(24-14)11-2-4-12(16)5-3-11/h2-5H,6-9H2,1H3,(H,17,19,23). The van der Waals surface area contributed by atoms with Crippen LogP contribution >= 0.6 is 0 Å². The molecule has 1 aliphatic heterocycles. The Balaban J connectivity index is 1.59. The molecule has 2 aromatic rings. The molecule has 1 N–H and O–H groups in total. The van der Waals surface area contributed by atoms with E-state index in [2.05, 4.69) is 15.5 Å². The molecule has 0 aliphatic carbocycles. The van der Waals surface area contributed by atoms with E-state index in [0.717, 1.165) is 0 Å². The van der Waals surface area contributed by atoms with Gasteiger partial charge in [-0.15, -0.1) is 5.10 Å². The van der Waals surface area contributed by atoms with Gasteiger partial charge in [0.2, 0.25) is 11.8 Å². The van der Waals surface area contributed by atoms with Gasteiger partial charge in [-0.05, 0) is 24.3 Å². The zero-order valence-electron chi connectivity index (χ0n) is 13.0. The molecule has 8 nitrogen and oxygen atoms in total. The summed E-state index contributed by atoms with van der Waals surface area (Å²) >= 11 is 0. The number of anilines is 1. The van der Waals surface area contributed by atoms with Crippen molar-refractivity contribution in [1.82, 2.24) is 20.0 Å². The molecule has 24 heavy (non-hydrogen) atoms. The lowest BCUT2D eigenvalue weighted by Gasteiger charge is -2.33. The molecule has 1 aromatic carbocycles. The number of rotatable bonds is 2. The maximum absolute atomic E-state index is 12.9. The maximum atomic E-state index is 12.9. The fraction of sp³-hybridized carbons (Fsp3) is 0.333. The third kappa shape index (κ3) is 3.50. The van der Waals surface area contributed by atoms with Crippen LogP contribution in [0.1, 0.15) is 6.92 Å². The minimum Gasteiger partial charge on any atom is -0.403 e. The monoisotopic (exact) mass is 333 g/mol. The first-order chi connectivity index (χ1) is 11.5. The SMILES string of the molecule is CC(=O)N1CCN(C(=O)Nc2nnc(-c3ccc(F)cc3)o2)CC1. The van der Waals surface area contributed by atoms with Gasteiger partial charge in [-0.2, -0.15) is 0 Å². The number of nitrogens with one attached hydrogen (secondary N) is 1. The highest BCUT2D eigenvalue weighted by Gasteiger charge is 2.23. The first-order valence-corrected chi connectivity index (χ1v) is 7.44. The van der Waals surface area contributed by atoms with Gasteiger partial charge in [0.15, 0.2) is 0 Å². The molecule has 1 aromatic heterocycles. The summed E-state index contributed by atoms with van der Waals surface area (Å²) in [6.45, 7) is 3.36. The number of hydrogen-bond donors (Lipinski definition) is 1. The molecule has 0 atom stereocenters. The van der Waals surface area contributed by atoms with E-state index in [1.807, 2.05) is 0 Å². The van der Waals surface area contributed by atoms with Gasteiger partial charge in [0.25, 0.3) is 0 Å². The molecule has 0 spiro atoms. The average molecular weight is 333 g/mol. The molecule has 0 saturated carbocycles. The summed E-state index contributed by atoms with van der Waals surface area (Å²) in [5.74, 6) is -0.181. The first kappa shape index (κ1) is 15.9. The van der Waals surface area contributed by atoms with E-state index >= 15 is 0 Å². The Hall–Kier alpha value is -2.97. The van der Waals surface area contributed by atoms with Crippen molar-refractivity contribution in [3.8, 4) is 11.5 Å². The van der Waals surface area contributed by atoms with Crippen LogP contribution in [-0.2, 0) is 4.79 Å². The summed E-state index contributed by atoms with van der Waals surface area (Å²) in [7, 11) is 0. The van der Waals surface area contributed by atoms with E-state index < -0.39 is 0 Å². The van der Waals surface area contributed by atoms with Gasteiger partial charge in [-0.1, -0.05) is 5.10 Å². The van der Waals surface area contributed by atoms with Crippen molar-refractivity contribution >= 4 is 18.0 Å². The largest absolute Gasteiger partial charge is 0.403 e. The molecule has 2 heterocycles. The Morgan fingerprint density at radius 3 is 2.33 bits per heavy atom. The van der Waals surface area contributed by atoms with Crippen molar-refractivity contribution in [3.63, 3.8) is 0 Å². The molecule has 3 rings (SSSR count). The van der Waals surface area contributed by atoms with E-state index in [-0.39, 0.29) is 29.7 Å². The number of halogens is 1. The normalized spacial score (nSPS) is 14.6. The number of aromatic nitrogens is 2. The second-order valence-corrected chi connectivity index (χ2v) is 5.34.